The van der Waals surface area contributed by atoms with Crippen LogP contribution >= 0.6 is 0 Å². The lowest BCUT2D eigenvalue weighted by molar-refractivity contribution is -0.137. The highest BCUT2D eigenvalue weighted by Gasteiger charge is 2.30. The summed E-state index contributed by atoms with van der Waals surface area (Å²) in [7, 11) is 0. The summed E-state index contributed by atoms with van der Waals surface area (Å²) >= 11 is 0. The highest BCUT2D eigenvalue weighted by atomic mass is 19.4. The van der Waals surface area contributed by atoms with Crippen LogP contribution in [0, 0.1) is 0 Å². The van der Waals surface area contributed by atoms with Crippen molar-refractivity contribution in [2.24, 2.45) is 0 Å². The number of rotatable bonds is 2. The number of pyridine rings is 1. The van der Waals surface area contributed by atoms with Crippen LogP contribution in [0.3, 0.4) is 0 Å². The molecular formula is C20H12F3N3. The van der Waals surface area contributed by atoms with Crippen LogP contribution in [-0.4, -0.2) is 15.0 Å². The monoisotopic (exact) mass is 351 g/mol. The number of hydrogen-bond donors (Lipinski definition) is 0. The Morgan fingerprint density at radius 3 is 2.35 bits per heavy atom. The van der Waals surface area contributed by atoms with E-state index < -0.39 is 11.7 Å². The summed E-state index contributed by atoms with van der Waals surface area (Å²) < 4.78 is 38.8. The van der Waals surface area contributed by atoms with E-state index in [4.69, 9.17) is 0 Å². The first-order chi connectivity index (χ1) is 12.5. The molecule has 0 N–H and O–H groups in total. The minimum atomic E-state index is -4.39. The van der Waals surface area contributed by atoms with Gasteiger partial charge in [-0.15, -0.1) is 0 Å². The van der Waals surface area contributed by atoms with Gasteiger partial charge in [0, 0.05) is 17.1 Å². The van der Waals surface area contributed by atoms with Gasteiger partial charge in [-0.25, -0.2) is 15.0 Å². The molecule has 0 saturated carbocycles. The van der Waals surface area contributed by atoms with Gasteiger partial charge in [0.1, 0.15) is 5.69 Å². The average molecular weight is 351 g/mol. The molecule has 0 amide bonds. The number of aromatic nitrogens is 3. The molecule has 0 unspecified atom stereocenters. The fourth-order valence-corrected chi connectivity index (χ4v) is 2.67. The Bertz CT molecular complexity index is 1090. The molecule has 0 atom stereocenters. The molecule has 2 aromatic carbocycles. The van der Waals surface area contributed by atoms with E-state index in [1.54, 1.807) is 30.5 Å². The highest BCUT2D eigenvalue weighted by molar-refractivity contribution is 5.79. The lowest BCUT2D eigenvalue weighted by Crippen LogP contribution is -2.04. The van der Waals surface area contributed by atoms with Gasteiger partial charge in [0.05, 0.1) is 16.8 Å². The van der Waals surface area contributed by atoms with Crippen molar-refractivity contribution in [3.8, 4) is 22.8 Å². The minimum Gasteiger partial charge on any atom is -0.244 e. The van der Waals surface area contributed by atoms with Crippen molar-refractivity contribution in [1.82, 2.24) is 15.0 Å². The quantitative estimate of drug-likeness (QED) is 0.487. The molecule has 2 heterocycles. The smallest absolute Gasteiger partial charge is 0.244 e. The Kier molecular flexibility index (Phi) is 3.88. The van der Waals surface area contributed by atoms with Crippen LogP contribution in [0.15, 0.2) is 72.9 Å². The fraction of sp³-hybridized carbons (Fsp3) is 0.0500. The second-order valence-corrected chi connectivity index (χ2v) is 5.74. The van der Waals surface area contributed by atoms with Crippen molar-refractivity contribution in [2.75, 3.05) is 0 Å². The van der Waals surface area contributed by atoms with Crippen molar-refractivity contribution in [3.63, 3.8) is 0 Å². The molecule has 128 valence electrons. The standard InChI is InChI=1S/C20H12F3N3/c21-20(22,23)15-7-3-6-13(11-15)16-9-4-10-18(25-16)19-24-12-14-5-1-2-8-17(14)26-19/h1-12H. The van der Waals surface area contributed by atoms with E-state index in [-0.39, 0.29) is 0 Å². The van der Waals surface area contributed by atoms with Crippen molar-refractivity contribution in [2.45, 2.75) is 6.18 Å². The molecule has 0 fully saturated rings. The maximum Gasteiger partial charge on any atom is 0.416 e. The summed E-state index contributed by atoms with van der Waals surface area (Å²) in [6.45, 7) is 0. The maximum absolute atomic E-state index is 12.9. The molecule has 0 aliphatic heterocycles. The van der Waals surface area contributed by atoms with Gasteiger partial charge in [0.25, 0.3) is 0 Å². The summed E-state index contributed by atoms with van der Waals surface area (Å²) in [6.07, 6.45) is -2.69. The van der Waals surface area contributed by atoms with Crippen LogP contribution in [-0.2, 0) is 6.18 Å². The van der Waals surface area contributed by atoms with E-state index in [0.717, 1.165) is 23.0 Å². The largest absolute Gasteiger partial charge is 0.416 e. The van der Waals surface area contributed by atoms with E-state index in [2.05, 4.69) is 15.0 Å². The molecule has 0 aliphatic rings. The van der Waals surface area contributed by atoms with E-state index >= 15 is 0 Å². The topological polar surface area (TPSA) is 38.7 Å². The molecule has 4 aromatic rings. The fourth-order valence-electron chi connectivity index (χ4n) is 2.67. The molecule has 0 saturated heterocycles. The van der Waals surface area contributed by atoms with Gasteiger partial charge in [-0.05, 0) is 30.3 Å². The van der Waals surface area contributed by atoms with Crippen LogP contribution < -0.4 is 0 Å². The van der Waals surface area contributed by atoms with Crippen molar-refractivity contribution in [3.05, 3.63) is 78.5 Å². The van der Waals surface area contributed by atoms with Crippen molar-refractivity contribution in [1.29, 1.82) is 0 Å². The first-order valence-corrected chi connectivity index (χ1v) is 7.87. The summed E-state index contributed by atoms with van der Waals surface area (Å²) in [4.78, 5) is 13.2. The second-order valence-electron chi connectivity index (χ2n) is 5.74. The molecule has 0 bridgehead atoms. The van der Waals surface area contributed by atoms with E-state index in [1.807, 2.05) is 24.3 Å². The molecule has 3 nitrogen and oxygen atoms in total. The number of fused-ring (bicyclic) bond motifs is 1. The van der Waals surface area contributed by atoms with Gasteiger partial charge in [-0.2, -0.15) is 13.2 Å². The normalized spacial score (nSPS) is 11.7. The van der Waals surface area contributed by atoms with Gasteiger partial charge in [-0.1, -0.05) is 36.4 Å². The van der Waals surface area contributed by atoms with Gasteiger partial charge >= 0.3 is 6.18 Å². The maximum atomic E-state index is 12.9. The number of nitrogens with zero attached hydrogens (tertiary/aromatic N) is 3. The van der Waals surface area contributed by atoms with Gasteiger partial charge in [-0.3, -0.25) is 0 Å². The molecular weight excluding hydrogens is 339 g/mol. The molecule has 6 heteroatoms. The summed E-state index contributed by atoms with van der Waals surface area (Å²) in [5.74, 6) is 0.428. The van der Waals surface area contributed by atoms with Crippen LogP contribution in [0.25, 0.3) is 33.7 Å². The predicted octanol–water partition coefficient (Wildman–Crippen LogP) is 5.38. The first kappa shape index (κ1) is 16.2. The molecule has 0 aliphatic carbocycles. The van der Waals surface area contributed by atoms with Gasteiger partial charge in [0.2, 0.25) is 0 Å². The Labute approximate surface area is 147 Å². The number of alkyl halides is 3. The molecule has 2 aromatic heterocycles. The molecule has 0 spiro atoms. The van der Waals surface area contributed by atoms with Crippen molar-refractivity contribution >= 4 is 10.9 Å². The predicted molar refractivity (Wildman–Crippen MR) is 93.2 cm³/mol. The lowest BCUT2D eigenvalue weighted by Gasteiger charge is -2.09. The number of para-hydroxylation sites is 1. The summed E-state index contributed by atoms with van der Waals surface area (Å²) in [5.41, 5.74) is 1.41. The van der Waals surface area contributed by atoms with E-state index in [9.17, 15) is 13.2 Å². The molecule has 4 rings (SSSR count). The number of hydrogen-bond acceptors (Lipinski definition) is 3. The minimum absolute atomic E-state index is 0.391. The summed E-state index contributed by atoms with van der Waals surface area (Å²) in [5, 5.41) is 0.908. The van der Waals surface area contributed by atoms with Gasteiger partial charge < -0.3 is 0 Å². The zero-order valence-corrected chi connectivity index (χ0v) is 13.4. The molecule has 0 radical (unpaired) electrons. The van der Waals surface area contributed by atoms with Crippen molar-refractivity contribution < 1.29 is 13.2 Å². The van der Waals surface area contributed by atoms with Crippen LogP contribution in [0.1, 0.15) is 5.56 Å². The Balaban J connectivity index is 1.77. The van der Waals surface area contributed by atoms with Gasteiger partial charge in [0.15, 0.2) is 5.82 Å². The van der Waals surface area contributed by atoms with Crippen LogP contribution in [0.5, 0.6) is 0 Å². The van der Waals surface area contributed by atoms with Crippen LogP contribution in [0.2, 0.25) is 0 Å². The highest BCUT2D eigenvalue weighted by Crippen LogP contribution is 2.32. The van der Waals surface area contributed by atoms with E-state index in [1.165, 1.54) is 6.07 Å². The number of benzene rings is 2. The zero-order valence-electron chi connectivity index (χ0n) is 13.4. The molecule has 26 heavy (non-hydrogen) atoms. The Hall–Kier alpha value is -3.28. The number of halogens is 3. The third-order valence-electron chi connectivity index (χ3n) is 3.95. The third-order valence-corrected chi connectivity index (χ3v) is 3.95. The average Bonchev–Trinajstić information content (AvgIpc) is 2.67. The first-order valence-electron chi connectivity index (χ1n) is 7.87. The van der Waals surface area contributed by atoms with Crippen LogP contribution in [0.4, 0.5) is 13.2 Å². The zero-order chi connectivity index (χ0) is 18.1. The Morgan fingerprint density at radius 2 is 1.50 bits per heavy atom. The second kappa shape index (κ2) is 6.22. The third kappa shape index (κ3) is 3.13. The SMILES string of the molecule is FC(F)(F)c1cccc(-c2cccc(-c3ncc4ccccc4n3)n2)c1. The Morgan fingerprint density at radius 1 is 0.731 bits per heavy atom. The lowest BCUT2D eigenvalue weighted by atomic mass is 10.1. The summed E-state index contributed by atoms with van der Waals surface area (Å²) in [6, 6.07) is 17.8. The van der Waals surface area contributed by atoms with E-state index in [0.29, 0.717) is 22.8 Å².